The zero-order chi connectivity index (χ0) is 26.8. The Labute approximate surface area is 225 Å². The number of ether oxygens (including phenoxy) is 1. The van der Waals surface area contributed by atoms with Crippen molar-refractivity contribution in [2.45, 2.75) is 20.4 Å². The van der Waals surface area contributed by atoms with Crippen LogP contribution < -0.4 is 9.80 Å². The van der Waals surface area contributed by atoms with Crippen LogP contribution in [0, 0.1) is 6.92 Å². The molecule has 0 N–H and O–H groups in total. The van der Waals surface area contributed by atoms with Crippen molar-refractivity contribution in [3.63, 3.8) is 0 Å². The molecule has 4 aromatic rings. The Morgan fingerprint density at radius 2 is 1.37 bits per heavy atom. The van der Waals surface area contributed by atoms with E-state index in [1.165, 1.54) is 9.80 Å². The lowest BCUT2D eigenvalue weighted by atomic mass is 10.0. The number of para-hydroxylation sites is 3. The van der Waals surface area contributed by atoms with Crippen molar-refractivity contribution >= 4 is 63.5 Å². The summed E-state index contributed by atoms with van der Waals surface area (Å²) in [6.07, 6.45) is 1.61. The summed E-state index contributed by atoms with van der Waals surface area (Å²) >= 11 is 5.69. The molecule has 2 amide bonds. The lowest BCUT2D eigenvalue weighted by Crippen LogP contribution is -2.56. The second kappa shape index (κ2) is 10.4. The Morgan fingerprint density at radius 1 is 0.842 bits per heavy atom. The van der Waals surface area contributed by atoms with Gasteiger partial charge in [-0.2, -0.15) is 0 Å². The SMILES string of the molecule is CCOC(=O)Cn1c(C)c(C=C2C(=O)N(c3ccccc3)C(=S)N(c3ccccc3)C2=O)c2ccccc21. The van der Waals surface area contributed by atoms with Crippen LogP contribution >= 0.6 is 12.2 Å². The number of anilines is 2. The average molecular weight is 524 g/mol. The standard InChI is InChI=1S/C30H25N3O4S/c1-3-37-27(34)19-31-20(2)24(23-16-10-11-17-26(23)31)18-25-28(35)32(21-12-6-4-7-13-21)30(38)33(29(25)36)22-14-8-5-9-15-22/h4-18H,3,19H2,1-2H3. The van der Waals surface area contributed by atoms with Crippen LogP contribution in [0.3, 0.4) is 0 Å². The van der Waals surface area contributed by atoms with Gasteiger partial charge >= 0.3 is 5.97 Å². The second-order valence-corrected chi connectivity index (χ2v) is 9.07. The van der Waals surface area contributed by atoms with Crippen molar-refractivity contribution in [2.24, 2.45) is 0 Å². The van der Waals surface area contributed by atoms with E-state index in [9.17, 15) is 14.4 Å². The van der Waals surface area contributed by atoms with E-state index in [1.54, 1.807) is 37.3 Å². The van der Waals surface area contributed by atoms with Gasteiger partial charge in [-0.05, 0) is 62.5 Å². The van der Waals surface area contributed by atoms with Gasteiger partial charge in [0.15, 0.2) is 5.11 Å². The van der Waals surface area contributed by atoms with Gasteiger partial charge in [-0.3, -0.25) is 24.2 Å². The summed E-state index contributed by atoms with van der Waals surface area (Å²) in [4.78, 5) is 42.9. The summed E-state index contributed by atoms with van der Waals surface area (Å²) in [5.41, 5.74) is 3.30. The molecular weight excluding hydrogens is 498 g/mol. The van der Waals surface area contributed by atoms with Crippen LogP contribution in [0.25, 0.3) is 17.0 Å². The van der Waals surface area contributed by atoms with E-state index >= 15 is 0 Å². The number of hydrogen-bond acceptors (Lipinski definition) is 5. The van der Waals surface area contributed by atoms with E-state index in [0.29, 0.717) is 16.9 Å². The Hall–Kier alpha value is -4.56. The highest BCUT2D eigenvalue weighted by molar-refractivity contribution is 7.81. The quantitative estimate of drug-likeness (QED) is 0.149. The number of esters is 1. The predicted octanol–water partition coefficient (Wildman–Crippen LogP) is 5.26. The lowest BCUT2D eigenvalue weighted by Gasteiger charge is -2.36. The zero-order valence-corrected chi connectivity index (χ0v) is 21.8. The summed E-state index contributed by atoms with van der Waals surface area (Å²) < 4.78 is 7.01. The number of benzene rings is 3. The van der Waals surface area contributed by atoms with Gasteiger partial charge in [-0.25, -0.2) is 0 Å². The summed E-state index contributed by atoms with van der Waals surface area (Å²) in [6.45, 7) is 3.91. The van der Waals surface area contributed by atoms with Crippen molar-refractivity contribution in [2.75, 3.05) is 16.4 Å². The highest BCUT2D eigenvalue weighted by Gasteiger charge is 2.41. The Balaban J connectivity index is 1.69. The topological polar surface area (TPSA) is 71.8 Å². The van der Waals surface area contributed by atoms with Gasteiger partial charge in [0.05, 0.1) is 18.0 Å². The van der Waals surface area contributed by atoms with Crippen LogP contribution in [-0.4, -0.2) is 34.1 Å². The number of nitrogens with zero attached hydrogens (tertiary/aromatic N) is 3. The molecule has 0 unspecified atom stereocenters. The van der Waals surface area contributed by atoms with Gasteiger partial charge in [0.25, 0.3) is 11.8 Å². The van der Waals surface area contributed by atoms with Gasteiger partial charge in [0, 0.05) is 22.2 Å². The monoisotopic (exact) mass is 523 g/mol. The van der Waals surface area contributed by atoms with E-state index in [1.807, 2.05) is 72.2 Å². The first kappa shape index (κ1) is 25.1. The smallest absolute Gasteiger partial charge is 0.325 e. The first-order valence-electron chi connectivity index (χ1n) is 12.2. The molecular formula is C30H25N3O4S. The molecule has 1 aliphatic rings. The molecule has 0 radical (unpaired) electrons. The van der Waals surface area contributed by atoms with Gasteiger partial charge < -0.3 is 9.30 Å². The highest BCUT2D eigenvalue weighted by Crippen LogP contribution is 2.33. The maximum absolute atomic E-state index is 13.9. The maximum atomic E-state index is 13.9. The van der Waals surface area contributed by atoms with Crippen LogP contribution in [0.4, 0.5) is 11.4 Å². The van der Waals surface area contributed by atoms with E-state index in [2.05, 4.69) is 0 Å². The molecule has 8 heteroatoms. The minimum Gasteiger partial charge on any atom is -0.465 e. The predicted molar refractivity (Wildman–Crippen MR) is 152 cm³/mol. The summed E-state index contributed by atoms with van der Waals surface area (Å²) in [5, 5.41) is 0.893. The van der Waals surface area contributed by atoms with Gasteiger partial charge in [0.1, 0.15) is 12.1 Å². The van der Waals surface area contributed by atoms with Crippen molar-refractivity contribution in [3.8, 4) is 0 Å². The number of rotatable bonds is 6. The fourth-order valence-corrected chi connectivity index (χ4v) is 5.04. The van der Waals surface area contributed by atoms with Crippen LogP contribution in [-0.2, 0) is 25.7 Å². The van der Waals surface area contributed by atoms with E-state index in [-0.39, 0.29) is 29.8 Å². The second-order valence-electron chi connectivity index (χ2n) is 8.70. The van der Waals surface area contributed by atoms with Crippen LogP contribution in [0.2, 0.25) is 0 Å². The fraction of sp³-hybridized carbons (Fsp3) is 0.133. The normalized spacial score (nSPS) is 13.8. The summed E-state index contributed by atoms with van der Waals surface area (Å²) in [7, 11) is 0. The molecule has 190 valence electrons. The third-order valence-electron chi connectivity index (χ3n) is 6.44. The first-order valence-corrected chi connectivity index (χ1v) is 12.6. The molecule has 5 rings (SSSR count). The first-order chi connectivity index (χ1) is 18.4. The molecule has 38 heavy (non-hydrogen) atoms. The Bertz CT molecular complexity index is 1530. The van der Waals surface area contributed by atoms with Gasteiger partial charge in [-0.1, -0.05) is 54.6 Å². The minimum absolute atomic E-state index is 0.0155. The third kappa shape index (κ3) is 4.39. The molecule has 7 nitrogen and oxygen atoms in total. The maximum Gasteiger partial charge on any atom is 0.325 e. The minimum atomic E-state index is -0.514. The van der Waals surface area contributed by atoms with Gasteiger partial charge in [0.2, 0.25) is 0 Å². The molecule has 0 aliphatic carbocycles. The Kier molecular flexibility index (Phi) is 6.89. The molecule has 2 heterocycles. The number of amides is 2. The largest absolute Gasteiger partial charge is 0.465 e. The molecule has 1 fully saturated rings. The lowest BCUT2D eigenvalue weighted by molar-refractivity contribution is -0.143. The molecule has 1 saturated heterocycles. The van der Waals surface area contributed by atoms with Crippen molar-refractivity contribution in [3.05, 3.63) is 102 Å². The molecule has 1 aliphatic heterocycles. The molecule has 0 atom stereocenters. The molecule has 0 bridgehead atoms. The molecule has 1 aromatic heterocycles. The van der Waals surface area contributed by atoms with E-state index in [0.717, 1.165) is 16.6 Å². The van der Waals surface area contributed by atoms with Crippen LogP contribution in [0.5, 0.6) is 0 Å². The number of thiocarbonyl (C=S) groups is 1. The highest BCUT2D eigenvalue weighted by atomic mass is 32.1. The number of hydrogen-bond donors (Lipinski definition) is 0. The average Bonchev–Trinajstić information content (AvgIpc) is 3.18. The van der Waals surface area contributed by atoms with Crippen molar-refractivity contribution in [1.82, 2.24) is 4.57 Å². The summed E-state index contributed by atoms with van der Waals surface area (Å²) in [5.74, 6) is -1.39. The van der Waals surface area contributed by atoms with E-state index in [4.69, 9.17) is 17.0 Å². The van der Waals surface area contributed by atoms with Crippen LogP contribution in [0.1, 0.15) is 18.2 Å². The number of aromatic nitrogens is 1. The Morgan fingerprint density at radius 3 is 1.92 bits per heavy atom. The van der Waals surface area contributed by atoms with Crippen LogP contribution in [0.15, 0.2) is 90.5 Å². The fourth-order valence-electron chi connectivity index (χ4n) is 4.66. The third-order valence-corrected chi connectivity index (χ3v) is 6.80. The van der Waals surface area contributed by atoms with Crippen molar-refractivity contribution < 1.29 is 19.1 Å². The van der Waals surface area contributed by atoms with Crippen molar-refractivity contribution in [1.29, 1.82) is 0 Å². The number of carbonyl (C=O) groups is 3. The molecule has 0 spiro atoms. The molecule has 0 saturated carbocycles. The summed E-state index contributed by atoms with van der Waals surface area (Å²) in [6, 6.07) is 25.6. The van der Waals surface area contributed by atoms with E-state index < -0.39 is 11.8 Å². The van der Waals surface area contributed by atoms with Gasteiger partial charge in [-0.15, -0.1) is 0 Å². The molecule has 3 aromatic carbocycles. The number of carbonyl (C=O) groups excluding carboxylic acids is 3. The zero-order valence-electron chi connectivity index (χ0n) is 21.0. The number of fused-ring (bicyclic) bond motifs is 1.